The normalized spacial score (nSPS) is 10.6. The van der Waals surface area contributed by atoms with E-state index in [0.29, 0.717) is 16.7 Å². The van der Waals surface area contributed by atoms with Crippen LogP contribution in [-0.2, 0) is 11.8 Å². The summed E-state index contributed by atoms with van der Waals surface area (Å²) in [6.07, 6.45) is 1.08. The summed E-state index contributed by atoms with van der Waals surface area (Å²) in [6.45, 7) is 0. The van der Waals surface area contributed by atoms with E-state index >= 15 is 0 Å². The first-order valence-corrected chi connectivity index (χ1v) is 5.92. The molecule has 1 N–H and O–H groups in total. The minimum atomic E-state index is -0.926. The van der Waals surface area contributed by atoms with Gasteiger partial charge in [-0.1, -0.05) is 11.8 Å². The Labute approximate surface area is 106 Å². The summed E-state index contributed by atoms with van der Waals surface area (Å²) in [5.74, 6) is -1.12. The highest BCUT2D eigenvalue weighted by Crippen LogP contribution is 2.19. The van der Waals surface area contributed by atoms with Crippen LogP contribution in [0.3, 0.4) is 0 Å². The lowest BCUT2D eigenvalue weighted by molar-refractivity contribution is -0.133. The molecule has 2 heterocycles. The van der Waals surface area contributed by atoms with Crippen LogP contribution in [0.15, 0.2) is 23.5 Å². The number of aliphatic carboxylic acids is 1. The number of rotatable bonds is 4. The second-order valence-electron chi connectivity index (χ2n) is 3.39. The Balaban J connectivity index is 2.22. The van der Waals surface area contributed by atoms with Gasteiger partial charge in [0.25, 0.3) is 0 Å². The van der Waals surface area contributed by atoms with E-state index in [2.05, 4.69) is 15.1 Å². The van der Waals surface area contributed by atoms with Crippen molar-refractivity contribution >= 4 is 17.7 Å². The summed E-state index contributed by atoms with van der Waals surface area (Å²) in [5, 5.41) is 13.2. The third-order valence-corrected chi connectivity index (χ3v) is 3.01. The number of pyridine rings is 1. The lowest BCUT2D eigenvalue weighted by Gasteiger charge is -1.94. The molecule has 0 saturated heterocycles. The van der Waals surface area contributed by atoms with Crippen molar-refractivity contribution in [1.82, 2.24) is 19.7 Å². The number of halogens is 1. The molecule has 0 aromatic carbocycles. The molecule has 0 unspecified atom stereocenters. The molecule has 0 radical (unpaired) electrons. The molecule has 2 aromatic heterocycles. The van der Waals surface area contributed by atoms with E-state index in [9.17, 15) is 9.18 Å². The molecule has 0 fully saturated rings. The predicted molar refractivity (Wildman–Crippen MR) is 62.6 cm³/mol. The minimum Gasteiger partial charge on any atom is -0.481 e. The fourth-order valence-electron chi connectivity index (χ4n) is 1.24. The van der Waals surface area contributed by atoms with Gasteiger partial charge in [0.05, 0.1) is 11.9 Å². The molecule has 0 bridgehead atoms. The SMILES string of the molecule is Cn1nc(-c2ccc(F)cn2)nc1SCC(=O)O. The number of carboxylic acid groups (broad SMARTS) is 1. The Kier molecular flexibility index (Phi) is 3.56. The van der Waals surface area contributed by atoms with Crippen LogP contribution in [0.5, 0.6) is 0 Å². The molecule has 94 valence electrons. The maximum absolute atomic E-state index is 12.7. The molecule has 0 aliphatic carbocycles. The summed E-state index contributed by atoms with van der Waals surface area (Å²) in [6, 6.07) is 2.74. The summed E-state index contributed by atoms with van der Waals surface area (Å²) in [7, 11) is 1.66. The first kappa shape index (κ1) is 12.5. The molecule has 0 amide bonds. The minimum absolute atomic E-state index is 0.0944. The molecule has 0 spiro atoms. The zero-order valence-corrected chi connectivity index (χ0v) is 10.2. The summed E-state index contributed by atoms with van der Waals surface area (Å²) >= 11 is 1.06. The molecule has 0 atom stereocenters. The standard InChI is InChI=1S/C10H9FN4O2S/c1-15-10(18-5-8(16)17)13-9(14-15)7-3-2-6(11)4-12-7/h2-4H,5H2,1H3,(H,16,17). The molecule has 2 rings (SSSR count). The van der Waals surface area contributed by atoms with Crippen LogP contribution in [0.2, 0.25) is 0 Å². The van der Waals surface area contributed by atoms with Crippen LogP contribution in [-0.4, -0.2) is 36.6 Å². The van der Waals surface area contributed by atoms with Gasteiger partial charge < -0.3 is 5.11 Å². The van der Waals surface area contributed by atoms with Gasteiger partial charge in [-0.05, 0) is 12.1 Å². The van der Waals surface area contributed by atoms with E-state index in [1.165, 1.54) is 16.8 Å². The number of carboxylic acids is 1. The zero-order chi connectivity index (χ0) is 13.1. The molecule has 0 aliphatic heterocycles. The van der Waals surface area contributed by atoms with Gasteiger partial charge in [-0.2, -0.15) is 4.98 Å². The Bertz CT molecular complexity index is 570. The highest BCUT2D eigenvalue weighted by molar-refractivity contribution is 7.99. The molecule has 6 nitrogen and oxygen atoms in total. The topological polar surface area (TPSA) is 80.9 Å². The molecule has 2 aromatic rings. The van der Waals surface area contributed by atoms with Crippen LogP contribution in [0.25, 0.3) is 11.5 Å². The monoisotopic (exact) mass is 268 g/mol. The second kappa shape index (κ2) is 5.13. The Hall–Kier alpha value is -1.96. The van der Waals surface area contributed by atoms with Crippen molar-refractivity contribution in [3.63, 3.8) is 0 Å². The van der Waals surface area contributed by atoms with Gasteiger partial charge in [0.1, 0.15) is 11.5 Å². The highest BCUT2D eigenvalue weighted by atomic mass is 32.2. The largest absolute Gasteiger partial charge is 0.481 e. The van der Waals surface area contributed by atoms with Crippen molar-refractivity contribution in [1.29, 1.82) is 0 Å². The fourth-order valence-corrected chi connectivity index (χ4v) is 1.87. The first-order valence-electron chi connectivity index (χ1n) is 4.94. The van der Waals surface area contributed by atoms with Crippen molar-refractivity contribution in [2.24, 2.45) is 7.05 Å². The number of carbonyl (C=O) groups is 1. The van der Waals surface area contributed by atoms with Crippen LogP contribution in [0, 0.1) is 5.82 Å². The van der Waals surface area contributed by atoms with Gasteiger partial charge >= 0.3 is 5.97 Å². The average molecular weight is 268 g/mol. The molecule has 8 heteroatoms. The Morgan fingerprint density at radius 1 is 1.56 bits per heavy atom. The molecular weight excluding hydrogens is 259 g/mol. The van der Waals surface area contributed by atoms with Gasteiger partial charge in [0.15, 0.2) is 5.16 Å². The van der Waals surface area contributed by atoms with Crippen molar-refractivity contribution in [3.8, 4) is 11.5 Å². The van der Waals surface area contributed by atoms with Crippen LogP contribution in [0.1, 0.15) is 0 Å². The maximum atomic E-state index is 12.7. The smallest absolute Gasteiger partial charge is 0.313 e. The quantitative estimate of drug-likeness (QED) is 0.839. The number of hydrogen-bond donors (Lipinski definition) is 1. The summed E-state index contributed by atoms with van der Waals surface area (Å²) in [5.41, 5.74) is 0.439. The average Bonchev–Trinajstić information content (AvgIpc) is 2.69. The molecular formula is C10H9FN4O2S. The lowest BCUT2D eigenvalue weighted by Crippen LogP contribution is -2.00. The van der Waals surface area contributed by atoms with Gasteiger partial charge in [-0.15, -0.1) is 5.10 Å². The van der Waals surface area contributed by atoms with Gasteiger partial charge in [-0.3, -0.25) is 4.79 Å². The number of hydrogen-bond acceptors (Lipinski definition) is 5. The fraction of sp³-hybridized carbons (Fsp3) is 0.200. The van der Waals surface area contributed by atoms with Crippen LogP contribution >= 0.6 is 11.8 Å². The van der Waals surface area contributed by atoms with Crippen molar-refractivity contribution in [3.05, 3.63) is 24.1 Å². The van der Waals surface area contributed by atoms with Gasteiger partial charge in [0, 0.05) is 7.05 Å². The summed E-state index contributed by atoms with van der Waals surface area (Å²) < 4.78 is 14.2. The second-order valence-corrected chi connectivity index (χ2v) is 4.33. The predicted octanol–water partition coefficient (Wildman–Crippen LogP) is 1.19. The number of thioether (sulfide) groups is 1. The van der Waals surface area contributed by atoms with Gasteiger partial charge in [-0.25, -0.2) is 14.1 Å². The number of aryl methyl sites for hydroxylation is 1. The third-order valence-electron chi connectivity index (χ3n) is 2.00. The van der Waals surface area contributed by atoms with Crippen LogP contribution < -0.4 is 0 Å². The van der Waals surface area contributed by atoms with E-state index < -0.39 is 11.8 Å². The zero-order valence-electron chi connectivity index (χ0n) is 9.37. The van der Waals surface area contributed by atoms with E-state index in [1.54, 1.807) is 7.05 Å². The number of nitrogens with zero attached hydrogens (tertiary/aromatic N) is 4. The molecule has 0 saturated carbocycles. The third kappa shape index (κ3) is 2.83. The maximum Gasteiger partial charge on any atom is 0.313 e. The van der Waals surface area contributed by atoms with Gasteiger partial charge in [0.2, 0.25) is 5.82 Å². The van der Waals surface area contributed by atoms with Crippen molar-refractivity contribution < 1.29 is 14.3 Å². The first-order chi connectivity index (χ1) is 8.56. The summed E-state index contributed by atoms with van der Waals surface area (Å²) in [4.78, 5) is 18.5. The van der Waals surface area contributed by atoms with Crippen molar-refractivity contribution in [2.45, 2.75) is 5.16 Å². The Morgan fingerprint density at radius 2 is 2.33 bits per heavy atom. The van der Waals surface area contributed by atoms with E-state index in [4.69, 9.17) is 5.11 Å². The Morgan fingerprint density at radius 3 is 2.94 bits per heavy atom. The lowest BCUT2D eigenvalue weighted by atomic mass is 10.3. The molecule has 0 aliphatic rings. The number of aromatic nitrogens is 4. The van der Waals surface area contributed by atoms with E-state index in [0.717, 1.165) is 18.0 Å². The van der Waals surface area contributed by atoms with E-state index in [-0.39, 0.29) is 5.75 Å². The van der Waals surface area contributed by atoms with Crippen molar-refractivity contribution in [2.75, 3.05) is 5.75 Å². The highest BCUT2D eigenvalue weighted by Gasteiger charge is 2.12. The van der Waals surface area contributed by atoms with E-state index in [1.807, 2.05) is 0 Å². The molecule has 18 heavy (non-hydrogen) atoms. The van der Waals surface area contributed by atoms with Crippen LogP contribution in [0.4, 0.5) is 4.39 Å².